The molecule has 1 aliphatic rings. The van der Waals surface area contributed by atoms with Crippen LogP contribution < -0.4 is 15.4 Å². The monoisotopic (exact) mass is 775 g/mol. The number of amides is 1. The Balaban J connectivity index is 0. The van der Waals surface area contributed by atoms with Crippen LogP contribution in [-0.4, -0.2) is 47.7 Å². The minimum Gasteiger partial charge on any atom is -0.493 e. The molecule has 0 saturated heterocycles. The van der Waals surface area contributed by atoms with E-state index in [4.69, 9.17) is 9.84 Å². The summed E-state index contributed by atoms with van der Waals surface area (Å²) in [7, 11) is 0. The van der Waals surface area contributed by atoms with Gasteiger partial charge in [-0.2, -0.15) is 0 Å². The molecule has 0 radical (unpaired) electrons. The summed E-state index contributed by atoms with van der Waals surface area (Å²) in [5.74, 6) is -1.96. The first kappa shape index (κ1) is 53.0. The molecule has 3 N–H and O–H groups in total. The number of allylic oxidation sites excluding steroid dienone is 2. The van der Waals surface area contributed by atoms with Gasteiger partial charge in [-0.3, -0.25) is 19.2 Å². The Bertz CT molecular complexity index is 1490. The van der Waals surface area contributed by atoms with E-state index < -0.39 is 35.6 Å². The van der Waals surface area contributed by atoms with Crippen LogP contribution >= 0.6 is 0 Å². The molecule has 0 saturated carbocycles. The number of aliphatic carboxylic acids is 1. The van der Waals surface area contributed by atoms with Crippen molar-refractivity contribution >= 4 is 34.7 Å². The first-order valence-electron chi connectivity index (χ1n) is 20.1. The number of unbranched alkanes of at least 4 members (excludes halogenated alkanes) is 1. The summed E-state index contributed by atoms with van der Waals surface area (Å²) >= 11 is 0. The molecule has 2 atom stereocenters. The van der Waals surface area contributed by atoms with Gasteiger partial charge in [0.1, 0.15) is 35.3 Å². The third kappa shape index (κ3) is 20.4. The van der Waals surface area contributed by atoms with Gasteiger partial charge in [-0.05, 0) is 95.9 Å². The van der Waals surface area contributed by atoms with E-state index in [1.165, 1.54) is 17.5 Å². The largest absolute Gasteiger partial charge is 0.493 e. The zero-order valence-electron chi connectivity index (χ0n) is 36.4. The molecule has 10 heteroatoms. The van der Waals surface area contributed by atoms with Crippen molar-refractivity contribution < 1.29 is 37.8 Å². The van der Waals surface area contributed by atoms with E-state index in [1.54, 1.807) is 13.8 Å². The first-order chi connectivity index (χ1) is 25.9. The van der Waals surface area contributed by atoms with E-state index in [1.807, 2.05) is 59.8 Å². The molecule has 2 unspecified atom stereocenters. The highest BCUT2D eigenvalue weighted by Gasteiger charge is 2.22. The van der Waals surface area contributed by atoms with Crippen LogP contribution in [0.3, 0.4) is 0 Å². The van der Waals surface area contributed by atoms with E-state index in [-0.39, 0.29) is 23.4 Å². The number of hydrogen-bond donors (Lipinski definition) is 3. The average Bonchev–Trinajstić information content (AvgIpc) is 3.14. The molecule has 0 bridgehead atoms. The molecule has 0 fully saturated rings. The summed E-state index contributed by atoms with van der Waals surface area (Å²) in [6.45, 7) is 28.0. The van der Waals surface area contributed by atoms with E-state index in [0.29, 0.717) is 5.78 Å². The van der Waals surface area contributed by atoms with Gasteiger partial charge in [-0.1, -0.05) is 99.3 Å². The molecule has 0 aliphatic carbocycles. The van der Waals surface area contributed by atoms with Crippen LogP contribution in [0.2, 0.25) is 0 Å². The van der Waals surface area contributed by atoms with Gasteiger partial charge in [0.05, 0.1) is 6.61 Å². The second-order valence-electron chi connectivity index (χ2n) is 14.1. The SMILES string of the molecule is CC.CC(=O)C(=C(C)C)c1ccc(C)c2c1OCCC2.CCC(C)C.CCC(C)C(C)=O.CCCCC(CC)Nc1cc(F)c(C(=O)NCC(=O)O)c(F)c1. The second-order valence-corrected chi connectivity index (χ2v) is 14.1. The lowest BCUT2D eigenvalue weighted by Gasteiger charge is -2.23. The van der Waals surface area contributed by atoms with Gasteiger partial charge in [0, 0.05) is 28.8 Å². The summed E-state index contributed by atoms with van der Waals surface area (Å²) in [5.41, 5.74) is 4.80. The van der Waals surface area contributed by atoms with Crippen LogP contribution in [-0.2, 0) is 20.8 Å². The summed E-state index contributed by atoms with van der Waals surface area (Å²) in [6, 6.07) is 6.30. The van der Waals surface area contributed by atoms with Gasteiger partial charge in [0.15, 0.2) is 5.78 Å². The molecule has 1 heterocycles. The van der Waals surface area contributed by atoms with E-state index in [9.17, 15) is 28.0 Å². The molecule has 55 heavy (non-hydrogen) atoms. The predicted molar refractivity (Wildman–Crippen MR) is 224 cm³/mol. The van der Waals surface area contributed by atoms with Crippen molar-refractivity contribution in [1.29, 1.82) is 0 Å². The normalized spacial score (nSPS) is 12.1. The van der Waals surface area contributed by atoms with Gasteiger partial charge < -0.3 is 20.5 Å². The van der Waals surface area contributed by atoms with Gasteiger partial charge in [-0.15, -0.1) is 0 Å². The van der Waals surface area contributed by atoms with Gasteiger partial charge in [-0.25, -0.2) is 8.78 Å². The third-order valence-corrected chi connectivity index (χ3v) is 9.00. The highest BCUT2D eigenvalue weighted by atomic mass is 19.1. The van der Waals surface area contributed by atoms with Crippen molar-refractivity contribution in [3.63, 3.8) is 0 Å². The van der Waals surface area contributed by atoms with Crippen molar-refractivity contribution in [3.8, 4) is 5.75 Å². The van der Waals surface area contributed by atoms with Crippen LogP contribution in [0.5, 0.6) is 5.75 Å². The number of carbonyl (C=O) groups excluding carboxylic acids is 3. The van der Waals surface area contributed by atoms with Gasteiger partial charge in [0.25, 0.3) is 5.91 Å². The Hall–Kier alpha value is -4.08. The lowest BCUT2D eigenvalue weighted by Crippen LogP contribution is -2.30. The molecular weight excluding hydrogens is 702 g/mol. The lowest BCUT2D eigenvalue weighted by molar-refractivity contribution is -0.135. The second kappa shape index (κ2) is 29.2. The number of carbonyl (C=O) groups is 4. The molecule has 2 aromatic rings. The van der Waals surface area contributed by atoms with Crippen LogP contribution in [0.4, 0.5) is 14.5 Å². The zero-order chi connectivity index (χ0) is 42.8. The number of aryl methyl sites for hydroxylation is 1. The summed E-state index contributed by atoms with van der Waals surface area (Å²) in [6.07, 6.45) is 8.11. The average molecular weight is 775 g/mol. The summed E-state index contributed by atoms with van der Waals surface area (Å²) in [5, 5.41) is 13.5. The standard InChI is InChI=1S/C16H22F2N2O3.C16H20O2.C6H12O.C5H12.C2H6/c1-3-5-6-10(4-2)20-11-7-12(17)15(13(18)8-11)16(23)19-9-14(21)22;1-10(2)15(12(4)17)14-8-7-11(3)13-6-5-9-18-16(13)14;1-4-5(2)6(3)7;1-4-5(2)3;1-2/h7-8,10,20H,3-6,9H2,1-2H3,(H,19,23)(H,21,22);7-8H,5-6,9H2,1-4H3;5H,4H2,1-3H3;5H,4H2,1-3H3;1-2H3. The Morgan fingerprint density at radius 3 is 1.85 bits per heavy atom. The summed E-state index contributed by atoms with van der Waals surface area (Å²) in [4.78, 5) is 44.3. The maximum absolute atomic E-state index is 14.0. The number of fused-ring (bicyclic) bond motifs is 1. The molecular formula is C45H72F2N2O6. The highest BCUT2D eigenvalue weighted by molar-refractivity contribution is 6.21. The van der Waals surface area contributed by atoms with Crippen molar-refractivity contribution in [2.45, 2.75) is 154 Å². The topological polar surface area (TPSA) is 122 Å². The first-order valence-corrected chi connectivity index (χ1v) is 20.1. The number of anilines is 1. The minimum absolute atomic E-state index is 0.0976. The number of Topliss-reactive ketones (excluding diaryl/α,β-unsaturated/α-hetero) is 2. The maximum Gasteiger partial charge on any atom is 0.322 e. The van der Waals surface area contributed by atoms with E-state index in [0.717, 1.165) is 92.1 Å². The zero-order valence-corrected chi connectivity index (χ0v) is 36.4. The highest BCUT2D eigenvalue weighted by Crippen LogP contribution is 2.37. The summed E-state index contributed by atoms with van der Waals surface area (Å²) < 4.78 is 33.8. The smallest absolute Gasteiger partial charge is 0.322 e. The van der Waals surface area contributed by atoms with Gasteiger partial charge in [0.2, 0.25) is 0 Å². The molecule has 1 amide bonds. The predicted octanol–water partition coefficient (Wildman–Crippen LogP) is 11.6. The lowest BCUT2D eigenvalue weighted by atomic mass is 9.91. The fraction of sp³-hybridized carbons (Fsp3) is 0.600. The third-order valence-electron chi connectivity index (χ3n) is 9.00. The Morgan fingerprint density at radius 2 is 1.45 bits per heavy atom. The molecule has 0 aromatic heterocycles. The Kier molecular flexibility index (Phi) is 28.2. The van der Waals surface area contributed by atoms with Crippen molar-refractivity contribution in [3.05, 3.63) is 63.7 Å². The number of halogens is 2. The van der Waals surface area contributed by atoms with Crippen LogP contribution in [0, 0.1) is 30.4 Å². The Labute approximate surface area is 331 Å². The van der Waals surface area contributed by atoms with Crippen LogP contribution in [0.15, 0.2) is 29.8 Å². The van der Waals surface area contributed by atoms with Crippen LogP contribution in [0.25, 0.3) is 5.57 Å². The number of hydrogen-bond acceptors (Lipinski definition) is 6. The molecule has 2 aromatic carbocycles. The van der Waals surface area contributed by atoms with Crippen molar-refractivity contribution in [2.24, 2.45) is 11.8 Å². The maximum atomic E-state index is 14.0. The fourth-order valence-corrected chi connectivity index (χ4v) is 5.10. The number of rotatable bonds is 14. The number of carboxylic acid groups (broad SMARTS) is 1. The van der Waals surface area contributed by atoms with Crippen molar-refractivity contribution in [2.75, 3.05) is 18.5 Å². The van der Waals surface area contributed by atoms with E-state index in [2.05, 4.69) is 46.0 Å². The number of nitrogens with one attached hydrogen (secondary N) is 2. The van der Waals surface area contributed by atoms with Crippen LogP contribution in [0.1, 0.15) is 162 Å². The number of benzene rings is 2. The Morgan fingerprint density at radius 1 is 0.891 bits per heavy atom. The minimum atomic E-state index is -1.29. The van der Waals surface area contributed by atoms with Gasteiger partial charge >= 0.3 is 5.97 Å². The fourth-order valence-electron chi connectivity index (χ4n) is 5.10. The van der Waals surface area contributed by atoms with E-state index >= 15 is 0 Å². The molecule has 8 nitrogen and oxygen atoms in total. The van der Waals surface area contributed by atoms with Crippen molar-refractivity contribution in [1.82, 2.24) is 5.32 Å². The molecule has 1 aliphatic heterocycles. The molecule has 312 valence electrons. The quantitative estimate of drug-likeness (QED) is 0.163. The number of ketones is 2. The number of carboxylic acids is 1. The molecule has 3 rings (SSSR count). The molecule has 0 spiro atoms. The number of ether oxygens (including phenoxy) is 1.